The van der Waals surface area contributed by atoms with Crippen molar-refractivity contribution in [2.75, 3.05) is 6.54 Å². The molecular weight excluding hydrogens is 210 g/mol. The summed E-state index contributed by atoms with van der Waals surface area (Å²) in [6, 6.07) is 0.411. The number of hydrogen-bond donors (Lipinski definition) is 1. The van der Waals surface area contributed by atoms with E-state index in [4.69, 9.17) is 0 Å². The molecular formula is C14H27N3. The minimum absolute atomic E-state index is 0.411. The smallest absolute Gasteiger partial charge is 0.0537 e. The van der Waals surface area contributed by atoms with Crippen LogP contribution in [-0.4, -0.2) is 16.3 Å². The van der Waals surface area contributed by atoms with Crippen molar-refractivity contribution in [2.45, 2.75) is 59.5 Å². The first-order valence-electron chi connectivity index (χ1n) is 6.89. The maximum atomic E-state index is 4.42. The quantitative estimate of drug-likeness (QED) is 0.751. The molecule has 0 aliphatic rings. The van der Waals surface area contributed by atoms with Gasteiger partial charge in [-0.2, -0.15) is 5.10 Å². The van der Waals surface area contributed by atoms with Gasteiger partial charge in [-0.3, -0.25) is 4.68 Å². The fraction of sp³-hybridized carbons (Fsp3) is 0.786. The van der Waals surface area contributed by atoms with Crippen LogP contribution < -0.4 is 5.32 Å². The average Bonchev–Trinajstić information content (AvgIpc) is 2.74. The first-order valence-corrected chi connectivity index (χ1v) is 6.89. The molecule has 0 aliphatic carbocycles. The molecule has 0 saturated carbocycles. The summed E-state index contributed by atoms with van der Waals surface area (Å²) in [6.07, 6.45) is 7.83. The highest BCUT2D eigenvalue weighted by molar-refractivity contribution is 5.09. The van der Waals surface area contributed by atoms with Crippen LogP contribution in [0.4, 0.5) is 0 Å². The Bertz CT molecular complexity index is 304. The van der Waals surface area contributed by atoms with Crippen LogP contribution in [0.25, 0.3) is 0 Å². The lowest BCUT2D eigenvalue weighted by atomic mass is 10.1. The van der Waals surface area contributed by atoms with Crippen LogP contribution in [-0.2, 0) is 6.54 Å². The Labute approximate surface area is 106 Å². The second-order valence-electron chi connectivity index (χ2n) is 5.25. The van der Waals surface area contributed by atoms with Crippen molar-refractivity contribution in [2.24, 2.45) is 5.92 Å². The third-order valence-electron chi connectivity index (χ3n) is 3.02. The summed E-state index contributed by atoms with van der Waals surface area (Å²) >= 11 is 0. The second kappa shape index (κ2) is 7.49. The molecule has 3 heteroatoms. The van der Waals surface area contributed by atoms with Gasteiger partial charge in [0.15, 0.2) is 0 Å². The number of nitrogens with zero attached hydrogens (tertiary/aromatic N) is 2. The van der Waals surface area contributed by atoms with E-state index in [1.807, 2.05) is 6.20 Å². The molecule has 0 aromatic carbocycles. The standard InChI is InChI=1S/C14H27N3/c1-5-8-15-13(4)14-10-16-17(11-14)9-6-7-12(2)3/h10-13,15H,5-9H2,1-4H3. The molecule has 1 N–H and O–H groups in total. The molecule has 0 amide bonds. The third kappa shape index (κ3) is 5.35. The number of rotatable bonds is 8. The van der Waals surface area contributed by atoms with Crippen LogP contribution in [0.5, 0.6) is 0 Å². The van der Waals surface area contributed by atoms with Gasteiger partial charge in [0, 0.05) is 24.3 Å². The predicted molar refractivity (Wildman–Crippen MR) is 73.0 cm³/mol. The highest BCUT2D eigenvalue weighted by Gasteiger charge is 2.06. The van der Waals surface area contributed by atoms with E-state index in [2.05, 4.69) is 49.0 Å². The minimum Gasteiger partial charge on any atom is -0.310 e. The molecule has 0 radical (unpaired) electrons. The van der Waals surface area contributed by atoms with Crippen molar-refractivity contribution in [3.05, 3.63) is 18.0 Å². The van der Waals surface area contributed by atoms with Crippen LogP contribution in [0.15, 0.2) is 12.4 Å². The van der Waals surface area contributed by atoms with Crippen LogP contribution in [0.2, 0.25) is 0 Å². The lowest BCUT2D eigenvalue weighted by molar-refractivity contribution is 0.489. The van der Waals surface area contributed by atoms with Crippen molar-refractivity contribution < 1.29 is 0 Å². The first kappa shape index (κ1) is 14.2. The van der Waals surface area contributed by atoms with Crippen LogP contribution in [0.3, 0.4) is 0 Å². The summed E-state index contributed by atoms with van der Waals surface area (Å²) in [6.45, 7) is 11.0. The SMILES string of the molecule is CCCNC(C)c1cnn(CCCC(C)C)c1. The summed E-state index contributed by atoms with van der Waals surface area (Å²) in [5.74, 6) is 0.787. The maximum absolute atomic E-state index is 4.42. The molecule has 1 rings (SSSR count). The molecule has 3 nitrogen and oxygen atoms in total. The van der Waals surface area contributed by atoms with E-state index in [0.29, 0.717) is 6.04 Å². The largest absolute Gasteiger partial charge is 0.310 e. The van der Waals surface area contributed by atoms with Gasteiger partial charge >= 0.3 is 0 Å². The van der Waals surface area contributed by atoms with Crippen molar-refractivity contribution in [3.8, 4) is 0 Å². The van der Waals surface area contributed by atoms with Crippen LogP contribution >= 0.6 is 0 Å². The Kier molecular flexibility index (Phi) is 6.27. The Balaban J connectivity index is 2.36. The number of nitrogens with one attached hydrogen (secondary N) is 1. The fourth-order valence-corrected chi connectivity index (χ4v) is 1.87. The molecule has 0 fully saturated rings. The predicted octanol–water partition coefficient (Wildman–Crippen LogP) is 3.38. The lowest BCUT2D eigenvalue weighted by Crippen LogP contribution is -2.18. The van der Waals surface area contributed by atoms with E-state index in [0.717, 1.165) is 19.0 Å². The molecule has 0 aliphatic heterocycles. The van der Waals surface area contributed by atoms with Gasteiger partial charge in [-0.15, -0.1) is 0 Å². The Morgan fingerprint density at radius 2 is 2.12 bits per heavy atom. The zero-order valence-electron chi connectivity index (χ0n) is 11.7. The molecule has 0 spiro atoms. The van der Waals surface area contributed by atoms with Gasteiger partial charge in [0.2, 0.25) is 0 Å². The minimum atomic E-state index is 0.411. The summed E-state index contributed by atoms with van der Waals surface area (Å²) in [5.41, 5.74) is 1.29. The fourth-order valence-electron chi connectivity index (χ4n) is 1.87. The third-order valence-corrected chi connectivity index (χ3v) is 3.02. The van der Waals surface area contributed by atoms with Crippen LogP contribution in [0, 0.1) is 5.92 Å². The Morgan fingerprint density at radius 3 is 2.76 bits per heavy atom. The second-order valence-corrected chi connectivity index (χ2v) is 5.25. The van der Waals surface area contributed by atoms with Gasteiger partial charge in [-0.1, -0.05) is 20.8 Å². The summed E-state index contributed by atoms with van der Waals surface area (Å²) in [5, 5.41) is 7.90. The highest BCUT2D eigenvalue weighted by Crippen LogP contribution is 2.12. The van der Waals surface area contributed by atoms with E-state index >= 15 is 0 Å². The zero-order chi connectivity index (χ0) is 12.7. The van der Waals surface area contributed by atoms with E-state index in [1.165, 1.54) is 24.8 Å². The molecule has 98 valence electrons. The Hall–Kier alpha value is -0.830. The summed E-state index contributed by atoms with van der Waals surface area (Å²) < 4.78 is 2.07. The van der Waals surface area contributed by atoms with Crippen molar-refractivity contribution in [1.29, 1.82) is 0 Å². The van der Waals surface area contributed by atoms with Gasteiger partial charge in [-0.25, -0.2) is 0 Å². The van der Waals surface area contributed by atoms with Gasteiger partial charge in [0.1, 0.15) is 0 Å². The van der Waals surface area contributed by atoms with Gasteiger partial charge < -0.3 is 5.32 Å². The number of hydrogen-bond acceptors (Lipinski definition) is 2. The molecule has 0 bridgehead atoms. The van der Waals surface area contributed by atoms with Gasteiger partial charge in [0.05, 0.1) is 6.20 Å². The molecule has 17 heavy (non-hydrogen) atoms. The normalized spacial score (nSPS) is 13.2. The van der Waals surface area contributed by atoms with Crippen LogP contribution in [0.1, 0.15) is 58.6 Å². The average molecular weight is 237 g/mol. The van der Waals surface area contributed by atoms with Gasteiger partial charge in [0.25, 0.3) is 0 Å². The summed E-state index contributed by atoms with van der Waals surface area (Å²) in [7, 11) is 0. The van der Waals surface area contributed by atoms with Crippen molar-refractivity contribution in [3.63, 3.8) is 0 Å². The van der Waals surface area contributed by atoms with E-state index in [9.17, 15) is 0 Å². The number of aryl methyl sites for hydroxylation is 1. The maximum Gasteiger partial charge on any atom is 0.0537 e. The molecule has 1 atom stereocenters. The molecule has 1 heterocycles. The van der Waals surface area contributed by atoms with E-state index in [-0.39, 0.29) is 0 Å². The highest BCUT2D eigenvalue weighted by atomic mass is 15.3. The van der Waals surface area contributed by atoms with Crippen molar-refractivity contribution in [1.82, 2.24) is 15.1 Å². The molecule has 1 aromatic rings. The van der Waals surface area contributed by atoms with E-state index in [1.54, 1.807) is 0 Å². The van der Waals surface area contributed by atoms with Gasteiger partial charge in [-0.05, 0) is 38.6 Å². The molecule has 0 saturated heterocycles. The molecule has 1 unspecified atom stereocenters. The zero-order valence-corrected chi connectivity index (χ0v) is 11.7. The van der Waals surface area contributed by atoms with Crippen molar-refractivity contribution >= 4 is 0 Å². The first-order chi connectivity index (χ1) is 8.13. The monoisotopic (exact) mass is 237 g/mol. The number of aromatic nitrogens is 2. The summed E-state index contributed by atoms with van der Waals surface area (Å²) in [4.78, 5) is 0. The molecule has 1 aromatic heterocycles. The lowest BCUT2D eigenvalue weighted by Gasteiger charge is -2.10. The topological polar surface area (TPSA) is 29.9 Å². The van der Waals surface area contributed by atoms with E-state index < -0.39 is 0 Å². The Morgan fingerprint density at radius 1 is 1.35 bits per heavy atom.